The quantitative estimate of drug-likeness (QED) is 0.784. The minimum absolute atomic E-state index is 0.535. The molecule has 1 aliphatic heterocycles. The van der Waals surface area contributed by atoms with Gasteiger partial charge in [-0.15, -0.1) is 0 Å². The highest BCUT2D eigenvalue weighted by Crippen LogP contribution is 2.14. The summed E-state index contributed by atoms with van der Waals surface area (Å²) in [5.41, 5.74) is 3.76. The number of aromatic nitrogens is 3. The second-order valence-corrected chi connectivity index (χ2v) is 6.65. The molecule has 1 atom stereocenters. The first-order valence-electron chi connectivity index (χ1n) is 8.56. The molecule has 0 radical (unpaired) electrons. The van der Waals surface area contributed by atoms with Crippen molar-refractivity contribution in [2.45, 2.75) is 32.5 Å². The molecule has 4 rings (SSSR count). The van der Waals surface area contributed by atoms with Crippen LogP contribution >= 0.6 is 0 Å². The molecule has 3 aromatic rings. The third-order valence-electron chi connectivity index (χ3n) is 4.66. The summed E-state index contributed by atoms with van der Waals surface area (Å²) in [5, 5.41) is 3.64. The number of aryl methyl sites for hydroxylation is 1. The number of hydrogen-bond donors (Lipinski definition) is 1. The topological polar surface area (TPSA) is 45.5 Å². The summed E-state index contributed by atoms with van der Waals surface area (Å²) >= 11 is 0. The number of rotatable bonds is 5. The van der Waals surface area contributed by atoms with E-state index in [1.165, 1.54) is 17.5 Å². The molecule has 0 spiro atoms. The van der Waals surface area contributed by atoms with Crippen molar-refractivity contribution in [2.75, 3.05) is 13.1 Å². The standard InChI is InChI=1S/C19H23N5/c1-15-3-5-16(6-4-15)12-23-10-7-17(13-23)21-11-18-14-24-9-2-8-20-19(24)22-18/h2-6,8-9,14,17,21H,7,10-13H2,1H3. The number of nitrogens with one attached hydrogen (secondary N) is 1. The normalized spacial score (nSPS) is 18.5. The van der Waals surface area contributed by atoms with Crippen LogP contribution in [0.2, 0.25) is 0 Å². The molecular formula is C19H23N5. The molecular weight excluding hydrogens is 298 g/mol. The monoisotopic (exact) mass is 321 g/mol. The molecule has 0 saturated carbocycles. The van der Waals surface area contributed by atoms with Gasteiger partial charge >= 0.3 is 0 Å². The van der Waals surface area contributed by atoms with Crippen molar-refractivity contribution >= 4 is 5.78 Å². The Morgan fingerprint density at radius 1 is 1.25 bits per heavy atom. The van der Waals surface area contributed by atoms with Gasteiger partial charge < -0.3 is 5.32 Å². The zero-order valence-corrected chi connectivity index (χ0v) is 14.0. The van der Waals surface area contributed by atoms with Crippen molar-refractivity contribution in [3.63, 3.8) is 0 Å². The molecule has 1 unspecified atom stereocenters. The van der Waals surface area contributed by atoms with Gasteiger partial charge in [0.25, 0.3) is 0 Å². The Labute approximate surface area is 142 Å². The maximum absolute atomic E-state index is 4.54. The summed E-state index contributed by atoms with van der Waals surface area (Å²) < 4.78 is 1.97. The van der Waals surface area contributed by atoms with Crippen LogP contribution in [-0.4, -0.2) is 38.4 Å². The van der Waals surface area contributed by atoms with Crippen molar-refractivity contribution in [3.8, 4) is 0 Å². The molecule has 5 nitrogen and oxygen atoms in total. The van der Waals surface area contributed by atoms with Crippen LogP contribution in [0.5, 0.6) is 0 Å². The van der Waals surface area contributed by atoms with E-state index in [1.807, 2.05) is 22.9 Å². The Hall–Kier alpha value is -2.24. The lowest BCUT2D eigenvalue weighted by Gasteiger charge is -2.16. The summed E-state index contributed by atoms with van der Waals surface area (Å²) in [5.74, 6) is 0.765. The Morgan fingerprint density at radius 2 is 2.12 bits per heavy atom. The van der Waals surface area contributed by atoms with Crippen LogP contribution in [0.4, 0.5) is 0 Å². The maximum Gasteiger partial charge on any atom is 0.233 e. The van der Waals surface area contributed by atoms with E-state index in [2.05, 4.69) is 51.4 Å². The average Bonchev–Trinajstić information content (AvgIpc) is 3.21. The first kappa shape index (κ1) is 15.3. The third kappa shape index (κ3) is 3.47. The van der Waals surface area contributed by atoms with Crippen LogP contribution in [0.1, 0.15) is 23.2 Å². The summed E-state index contributed by atoms with van der Waals surface area (Å²) in [6, 6.07) is 11.3. The van der Waals surface area contributed by atoms with E-state index in [0.717, 1.165) is 37.7 Å². The summed E-state index contributed by atoms with van der Waals surface area (Å²) in [6.45, 7) is 6.22. The summed E-state index contributed by atoms with van der Waals surface area (Å²) in [6.07, 6.45) is 7.00. The minimum Gasteiger partial charge on any atom is -0.307 e. The van der Waals surface area contributed by atoms with Crippen molar-refractivity contribution in [2.24, 2.45) is 0 Å². The van der Waals surface area contributed by atoms with Crippen LogP contribution < -0.4 is 5.32 Å². The zero-order valence-electron chi connectivity index (χ0n) is 14.0. The molecule has 1 saturated heterocycles. The summed E-state index contributed by atoms with van der Waals surface area (Å²) in [7, 11) is 0. The minimum atomic E-state index is 0.535. The van der Waals surface area contributed by atoms with E-state index >= 15 is 0 Å². The van der Waals surface area contributed by atoms with Crippen LogP contribution in [0, 0.1) is 6.92 Å². The highest BCUT2D eigenvalue weighted by molar-refractivity contribution is 5.29. The molecule has 124 valence electrons. The molecule has 0 bridgehead atoms. The average molecular weight is 321 g/mol. The molecule has 5 heteroatoms. The predicted octanol–water partition coefficient (Wildman–Crippen LogP) is 2.40. The highest BCUT2D eigenvalue weighted by Gasteiger charge is 2.22. The second-order valence-electron chi connectivity index (χ2n) is 6.65. The molecule has 1 fully saturated rings. The van der Waals surface area contributed by atoms with Gasteiger partial charge in [-0.25, -0.2) is 9.97 Å². The maximum atomic E-state index is 4.54. The van der Waals surface area contributed by atoms with Crippen molar-refractivity contribution in [3.05, 3.63) is 65.7 Å². The van der Waals surface area contributed by atoms with E-state index < -0.39 is 0 Å². The van der Waals surface area contributed by atoms with Crippen LogP contribution in [0.15, 0.2) is 48.9 Å². The van der Waals surface area contributed by atoms with E-state index in [0.29, 0.717) is 6.04 Å². The molecule has 1 aliphatic rings. The fraction of sp³-hybridized carbons (Fsp3) is 0.368. The first-order valence-corrected chi connectivity index (χ1v) is 8.56. The number of hydrogen-bond acceptors (Lipinski definition) is 4. The van der Waals surface area contributed by atoms with E-state index in [4.69, 9.17) is 0 Å². The second kappa shape index (κ2) is 6.71. The van der Waals surface area contributed by atoms with Crippen LogP contribution in [0.3, 0.4) is 0 Å². The SMILES string of the molecule is Cc1ccc(CN2CCC(NCc3cn4cccnc4n3)C2)cc1. The number of fused-ring (bicyclic) bond motifs is 1. The van der Waals surface area contributed by atoms with Crippen molar-refractivity contribution < 1.29 is 0 Å². The lowest BCUT2D eigenvalue weighted by atomic mass is 10.1. The fourth-order valence-corrected chi connectivity index (χ4v) is 3.31. The predicted molar refractivity (Wildman–Crippen MR) is 94.7 cm³/mol. The van der Waals surface area contributed by atoms with E-state index in [-0.39, 0.29) is 0 Å². The van der Waals surface area contributed by atoms with Gasteiger partial charge in [0.1, 0.15) is 0 Å². The van der Waals surface area contributed by atoms with Crippen molar-refractivity contribution in [1.82, 2.24) is 24.6 Å². The van der Waals surface area contributed by atoms with Gasteiger partial charge in [0.2, 0.25) is 5.78 Å². The van der Waals surface area contributed by atoms with Crippen LogP contribution in [-0.2, 0) is 13.1 Å². The summed E-state index contributed by atoms with van der Waals surface area (Å²) in [4.78, 5) is 11.3. The fourth-order valence-electron chi connectivity index (χ4n) is 3.31. The van der Waals surface area contributed by atoms with Gasteiger partial charge in [-0.05, 0) is 25.0 Å². The molecule has 0 amide bonds. The first-order chi connectivity index (χ1) is 11.8. The Balaban J connectivity index is 1.29. The Bertz CT molecular complexity index is 775. The molecule has 1 N–H and O–H groups in total. The van der Waals surface area contributed by atoms with Gasteiger partial charge in [0, 0.05) is 50.8 Å². The van der Waals surface area contributed by atoms with Gasteiger partial charge in [0.15, 0.2) is 0 Å². The van der Waals surface area contributed by atoms with Gasteiger partial charge in [-0.1, -0.05) is 29.8 Å². The lowest BCUT2D eigenvalue weighted by Crippen LogP contribution is -2.32. The van der Waals surface area contributed by atoms with Gasteiger partial charge in [-0.3, -0.25) is 9.30 Å². The lowest BCUT2D eigenvalue weighted by molar-refractivity contribution is 0.319. The number of benzene rings is 1. The highest BCUT2D eigenvalue weighted by atomic mass is 15.2. The number of nitrogens with zero attached hydrogens (tertiary/aromatic N) is 4. The van der Waals surface area contributed by atoms with E-state index in [1.54, 1.807) is 6.20 Å². The van der Waals surface area contributed by atoms with Gasteiger partial charge in [0.05, 0.1) is 5.69 Å². The zero-order chi connectivity index (χ0) is 16.4. The molecule has 3 heterocycles. The Kier molecular flexibility index (Phi) is 4.28. The largest absolute Gasteiger partial charge is 0.307 e. The molecule has 1 aromatic carbocycles. The van der Waals surface area contributed by atoms with Gasteiger partial charge in [-0.2, -0.15) is 0 Å². The number of imidazole rings is 1. The molecule has 2 aromatic heterocycles. The van der Waals surface area contributed by atoms with Crippen LogP contribution in [0.25, 0.3) is 5.78 Å². The molecule has 0 aliphatic carbocycles. The number of likely N-dealkylation sites (tertiary alicyclic amines) is 1. The van der Waals surface area contributed by atoms with E-state index in [9.17, 15) is 0 Å². The third-order valence-corrected chi connectivity index (χ3v) is 4.66. The smallest absolute Gasteiger partial charge is 0.233 e. The van der Waals surface area contributed by atoms with Crippen molar-refractivity contribution in [1.29, 1.82) is 0 Å². The Morgan fingerprint density at radius 3 is 2.96 bits per heavy atom. The molecule has 24 heavy (non-hydrogen) atoms.